The number of methoxy groups -OCH3 is 3. The van der Waals surface area contributed by atoms with Crippen LogP contribution in [0, 0.1) is 0 Å². The monoisotopic (exact) mass is 434 g/mol. The third kappa shape index (κ3) is 3.84. The van der Waals surface area contributed by atoms with Crippen LogP contribution in [0.25, 0.3) is 22.6 Å². The molecule has 0 aliphatic rings. The third-order valence-electron chi connectivity index (χ3n) is 5.05. The summed E-state index contributed by atoms with van der Waals surface area (Å²) in [5.41, 5.74) is 9.53. The molecular formula is C23H26N6O3. The second-order valence-electron chi connectivity index (χ2n) is 7.48. The molecule has 0 aliphatic carbocycles. The normalized spacial score (nSPS) is 11.1. The van der Waals surface area contributed by atoms with E-state index in [4.69, 9.17) is 29.9 Å². The second-order valence-corrected chi connectivity index (χ2v) is 7.48. The minimum atomic E-state index is 0.178. The number of fused-ring (bicyclic) bond motifs is 1. The van der Waals surface area contributed by atoms with E-state index in [1.807, 2.05) is 41.0 Å². The molecule has 0 fully saturated rings. The maximum absolute atomic E-state index is 5.99. The summed E-state index contributed by atoms with van der Waals surface area (Å²) in [5, 5.41) is 3.35. The van der Waals surface area contributed by atoms with Crippen molar-refractivity contribution in [3.05, 3.63) is 42.7 Å². The molecule has 4 rings (SSSR count). The van der Waals surface area contributed by atoms with Gasteiger partial charge in [0.05, 0.1) is 27.7 Å². The zero-order valence-corrected chi connectivity index (χ0v) is 18.7. The Morgan fingerprint density at radius 1 is 0.969 bits per heavy atom. The molecule has 2 aromatic carbocycles. The number of hydrogen-bond donors (Lipinski definition) is 2. The van der Waals surface area contributed by atoms with Gasteiger partial charge >= 0.3 is 0 Å². The highest BCUT2D eigenvalue weighted by Crippen LogP contribution is 2.41. The van der Waals surface area contributed by atoms with E-state index in [-0.39, 0.29) is 6.04 Å². The molecule has 3 N–H and O–H groups in total. The van der Waals surface area contributed by atoms with Crippen LogP contribution in [-0.4, -0.2) is 40.8 Å². The average molecular weight is 435 g/mol. The van der Waals surface area contributed by atoms with E-state index in [9.17, 15) is 0 Å². The molecule has 0 atom stereocenters. The molecule has 0 bridgehead atoms. The minimum absolute atomic E-state index is 0.178. The number of nitrogens with two attached hydrogens (primary N) is 1. The molecule has 2 heterocycles. The molecular weight excluding hydrogens is 408 g/mol. The molecule has 32 heavy (non-hydrogen) atoms. The summed E-state index contributed by atoms with van der Waals surface area (Å²) in [7, 11) is 4.72. The van der Waals surface area contributed by atoms with Gasteiger partial charge in [0.25, 0.3) is 0 Å². The van der Waals surface area contributed by atoms with Gasteiger partial charge in [-0.05, 0) is 26.0 Å². The first kappa shape index (κ1) is 21.2. The molecule has 0 amide bonds. The van der Waals surface area contributed by atoms with Gasteiger partial charge in [-0.3, -0.25) is 0 Å². The number of benzene rings is 2. The number of nitrogens with zero attached hydrogens (tertiary/aromatic N) is 4. The van der Waals surface area contributed by atoms with Gasteiger partial charge in [0.15, 0.2) is 34.3 Å². The molecule has 0 radical (unpaired) electrons. The van der Waals surface area contributed by atoms with E-state index in [2.05, 4.69) is 24.1 Å². The predicted molar refractivity (Wildman–Crippen MR) is 125 cm³/mol. The summed E-state index contributed by atoms with van der Waals surface area (Å²) in [6, 6.07) is 11.3. The second kappa shape index (κ2) is 8.62. The maximum Gasteiger partial charge on any atom is 0.203 e. The summed E-state index contributed by atoms with van der Waals surface area (Å²) < 4.78 is 18.4. The van der Waals surface area contributed by atoms with Crippen molar-refractivity contribution >= 4 is 28.4 Å². The predicted octanol–water partition coefficient (Wildman–Crippen LogP) is 4.43. The zero-order chi connectivity index (χ0) is 22.8. The van der Waals surface area contributed by atoms with Crippen LogP contribution in [0.2, 0.25) is 0 Å². The van der Waals surface area contributed by atoms with Crippen molar-refractivity contribution in [3.63, 3.8) is 0 Å². The average Bonchev–Trinajstić information content (AvgIpc) is 3.23. The molecule has 9 nitrogen and oxygen atoms in total. The Balaban J connectivity index is 1.88. The van der Waals surface area contributed by atoms with Crippen molar-refractivity contribution in [2.24, 2.45) is 0 Å². The highest BCUT2D eigenvalue weighted by molar-refractivity contribution is 5.88. The highest BCUT2D eigenvalue weighted by atomic mass is 16.5. The summed E-state index contributed by atoms with van der Waals surface area (Å²) in [6.45, 7) is 4.16. The number of aromatic nitrogens is 4. The van der Waals surface area contributed by atoms with E-state index in [1.54, 1.807) is 27.7 Å². The van der Waals surface area contributed by atoms with Crippen LogP contribution in [0.15, 0.2) is 42.7 Å². The Hall–Kier alpha value is -4.01. The Morgan fingerprint density at radius 2 is 1.69 bits per heavy atom. The molecule has 166 valence electrons. The number of rotatable bonds is 7. The lowest BCUT2D eigenvalue weighted by atomic mass is 10.2. The van der Waals surface area contributed by atoms with Gasteiger partial charge in [-0.25, -0.2) is 15.0 Å². The first-order chi connectivity index (χ1) is 15.4. The number of ether oxygens (including phenoxy) is 3. The first-order valence-electron chi connectivity index (χ1n) is 10.1. The van der Waals surface area contributed by atoms with Gasteiger partial charge in [-0.1, -0.05) is 12.1 Å². The fraction of sp³-hybridized carbons (Fsp3) is 0.261. The Kier molecular flexibility index (Phi) is 5.72. The number of anilines is 3. The summed E-state index contributed by atoms with van der Waals surface area (Å²) in [5.74, 6) is 2.67. The Labute approximate surface area is 186 Å². The van der Waals surface area contributed by atoms with Crippen LogP contribution < -0.4 is 25.3 Å². The number of imidazole rings is 1. The van der Waals surface area contributed by atoms with Gasteiger partial charge < -0.3 is 29.8 Å². The molecule has 9 heteroatoms. The van der Waals surface area contributed by atoms with E-state index in [0.29, 0.717) is 45.8 Å². The smallest absolute Gasteiger partial charge is 0.203 e. The van der Waals surface area contributed by atoms with E-state index in [1.165, 1.54) is 0 Å². The fourth-order valence-electron chi connectivity index (χ4n) is 3.48. The molecule has 2 aromatic heterocycles. The van der Waals surface area contributed by atoms with Crippen molar-refractivity contribution in [2.45, 2.75) is 19.9 Å². The topological polar surface area (TPSA) is 109 Å². The van der Waals surface area contributed by atoms with Crippen LogP contribution in [0.1, 0.15) is 19.9 Å². The van der Waals surface area contributed by atoms with Gasteiger partial charge in [-0.2, -0.15) is 0 Å². The lowest BCUT2D eigenvalue weighted by Gasteiger charge is -2.15. The standard InChI is InChI=1S/C23H26N6O3/c1-13(2)29-12-25-19-22(26-16-10-17(30-3)20(32-5)18(11-16)31-4)27-21(28-23(19)29)14-7-6-8-15(24)9-14/h6-13H,24H2,1-5H3,(H,26,27,28). The fourth-order valence-corrected chi connectivity index (χ4v) is 3.48. The number of hydrogen-bond acceptors (Lipinski definition) is 8. The molecule has 4 aromatic rings. The molecule has 0 spiro atoms. The van der Waals surface area contributed by atoms with Crippen molar-refractivity contribution in [1.82, 2.24) is 19.5 Å². The lowest BCUT2D eigenvalue weighted by Crippen LogP contribution is -2.04. The summed E-state index contributed by atoms with van der Waals surface area (Å²) in [4.78, 5) is 14.1. The van der Waals surface area contributed by atoms with Crippen LogP contribution >= 0.6 is 0 Å². The lowest BCUT2D eigenvalue weighted by molar-refractivity contribution is 0.324. The highest BCUT2D eigenvalue weighted by Gasteiger charge is 2.18. The first-order valence-corrected chi connectivity index (χ1v) is 10.1. The van der Waals surface area contributed by atoms with Crippen molar-refractivity contribution < 1.29 is 14.2 Å². The van der Waals surface area contributed by atoms with Crippen LogP contribution in [0.4, 0.5) is 17.2 Å². The Morgan fingerprint density at radius 3 is 2.28 bits per heavy atom. The zero-order valence-electron chi connectivity index (χ0n) is 18.7. The van der Waals surface area contributed by atoms with Crippen LogP contribution in [0.5, 0.6) is 17.2 Å². The number of nitrogens with one attached hydrogen (secondary N) is 1. The molecule has 0 saturated heterocycles. The maximum atomic E-state index is 5.99. The number of nitrogen functional groups attached to an aromatic ring is 1. The van der Waals surface area contributed by atoms with E-state index < -0.39 is 0 Å². The minimum Gasteiger partial charge on any atom is -0.493 e. The van der Waals surface area contributed by atoms with E-state index in [0.717, 1.165) is 11.2 Å². The quantitative estimate of drug-likeness (QED) is 0.411. The van der Waals surface area contributed by atoms with Gasteiger partial charge in [-0.15, -0.1) is 0 Å². The third-order valence-corrected chi connectivity index (χ3v) is 5.05. The van der Waals surface area contributed by atoms with Gasteiger partial charge in [0, 0.05) is 35.1 Å². The van der Waals surface area contributed by atoms with Crippen molar-refractivity contribution in [3.8, 4) is 28.6 Å². The molecule has 0 saturated carbocycles. The van der Waals surface area contributed by atoms with Gasteiger partial charge in [0.1, 0.15) is 0 Å². The SMILES string of the molecule is COc1cc(Nc2nc(-c3cccc(N)c3)nc3c2ncn3C(C)C)cc(OC)c1OC. The van der Waals surface area contributed by atoms with Gasteiger partial charge in [0.2, 0.25) is 5.75 Å². The van der Waals surface area contributed by atoms with Crippen molar-refractivity contribution in [2.75, 3.05) is 32.4 Å². The summed E-state index contributed by atoms with van der Waals surface area (Å²) in [6.07, 6.45) is 1.77. The van der Waals surface area contributed by atoms with Crippen LogP contribution in [0.3, 0.4) is 0 Å². The van der Waals surface area contributed by atoms with Crippen LogP contribution in [-0.2, 0) is 0 Å². The Bertz CT molecular complexity index is 1240. The largest absolute Gasteiger partial charge is 0.493 e. The summed E-state index contributed by atoms with van der Waals surface area (Å²) >= 11 is 0. The molecule has 0 unspecified atom stereocenters. The van der Waals surface area contributed by atoms with E-state index >= 15 is 0 Å². The van der Waals surface area contributed by atoms with Crippen molar-refractivity contribution in [1.29, 1.82) is 0 Å². The molecule has 0 aliphatic heterocycles.